The van der Waals surface area contributed by atoms with Crippen molar-refractivity contribution in [2.24, 2.45) is 5.92 Å². The molecular formula is C31H41N5O3. The van der Waals surface area contributed by atoms with Crippen LogP contribution in [0.25, 0.3) is 11.0 Å². The number of pyridine rings is 1. The highest BCUT2D eigenvalue weighted by Crippen LogP contribution is 2.27. The summed E-state index contributed by atoms with van der Waals surface area (Å²) in [6, 6.07) is 11.5. The average molecular weight is 532 g/mol. The highest BCUT2D eigenvalue weighted by Gasteiger charge is 2.16. The van der Waals surface area contributed by atoms with E-state index in [4.69, 9.17) is 9.68 Å². The van der Waals surface area contributed by atoms with E-state index >= 15 is 0 Å². The van der Waals surface area contributed by atoms with Gasteiger partial charge in [-0.25, -0.2) is 4.98 Å². The Hall–Kier alpha value is -4.12. The number of nitrogens with one attached hydrogen (secondary N) is 3. The molecule has 0 spiro atoms. The Morgan fingerprint density at radius 3 is 2.64 bits per heavy atom. The van der Waals surface area contributed by atoms with Crippen LogP contribution < -0.4 is 16.0 Å². The van der Waals surface area contributed by atoms with E-state index in [2.05, 4.69) is 46.1 Å². The molecule has 2 heterocycles. The number of hydrogen-bond acceptors (Lipinski definition) is 6. The summed E-state index contributed by atoms with van der Waals surface area (Å²) in [5, 5.41) is 18.7. The first-order valence-electron chi connectivity index (χ1n) is 13.6. The predicted octanol–water partition coefficient (Wildman–Crippen LogP) is 6.26. The molecule has 0 aliphatic heterocycles. The summed E-state index contributed by atoms with van der Waals surface area (Å²) in [6.45, 7) is 8.73. The van der Waals surface area contributed by atoms with Gasteiger partial charge in [-0.2, -0.15) is 5.26 Å². The van der Waals surface area contributed by atoms with Crippen LogP contribution in [0.3, 0.4) is 0 Å². The molecule has 0 fully saturated rings. The van der Waals surface area contributed by atoms with E-state index in [1.165, 1.54) is 19.3 Å². The summed E-state index contributed by atoms with van der Waals surface area (Å²) in [6.07, 6.45) is 12.9. The molecule has 8 heteroatoms. The van der Waals surface area contributed by atoms with Crippen molar-refractivity contribution in [3.63, 3.8) is 0 Å². The van der Waals surface area contributed by atoms with Gasteiger partial charge in [-0.1, -0.05) is 51.5 Å². The fourth-order valence-electron chi connectivity index (χ4n) is 4.38. The van der Waals surface area contributed by atoms with Crippen LogP contribution in [0.4, 0.5) is 5.82 Å². The van der Waals surface area contributed by atoms with E-state index in [1.54, 1.807) is 37.5 Å². The highest BCUT2D eigenvalue weighted by molar-refractivity contribution is 5.93. The van der Waals surface area contributed by atoms with Gasteiger partial charge in [-0.15, -0.1) is 0 Å². The molecule has 1 aromatic carbocycles. The van der Waals surface area contributed by atoms with Gasteiger partial charge < -0.3 is 20.4 Å². The molecule has 2 aromatic heterocycles. The van der Waals surface area contributed by atoms with Crippen LogP contribution in [-0.4, -0.2) is 30.4 Å². The van der Waals surface area contributed by atoms with Crippen molar-refractivity contribution in [3.05, 3.63) is 71.1 Å². The third kappa shape index (κ3) is 9.60. The maximum atomic E-state index is 11.2. The van der Waals surface area contributed by atoms with Gasteiger partial charge in [0.15, 0.2) is 5.58 Å². The number of hydrogen-bond donors (Lipinski definition) is 3. The maximum Gasteiger partial charge on any atom is 0.251 e. The third-order valence-corrected chi connectivity index (χ3v) is 6.45. The first-order valence-corrected chi connectivity index (χ1v) is 13.6. The monoisotopic (exact) mass is 531 g/mol. The Bertz CT molecular complexity index is 1260. The molecule has 0 bridgehead atoms. The quantitative estimate of drug-likeness (QED) is 0.255. The summed E-state index contributed by atoms with van der Waals surface area (Å²) in [5.74, 6) is 1.84. The van der Waals surface area contributed by atoms with Gasteiger partial charge in [0.1, 0.15) is 11.9 Å². The minimum atomic E-state index is -0.111. The lowest BCUT2D eigenvalue weighted by Crippen LogP contribution is -2.22. The van der Waals surface area contributed by atoms with E-state index in [1.807, 2.05) is 26.8 Å². The molecule has 0 saturated heterocycles. The Morgan fingerprint density at radius 1 is 1.23 bits per heavy atom. The summed E-state index contributed by atoms with van der Waals surface area (Å²) in [7, 11) is 1.59. The molecule has 3 aromatic rings. The Morgan fingerprint density at radius 2 is 1.97 bits per heavy atom. The number of amides is 2. The van der Waals surface area contributed by atoms with E-state index < -0.39 is 0 Å². The highest BCUT2D eigenvalue weighted by atomic mass is 16.3. The van der Waals surface area contributed by atoms with Crippen molar-refractivity contribution in [3.8, 4) is 6.07 Å². The lowest BCUT2D eigenvalue weighted by molar-refractivity contribution is -0.109. The molecule has 39 heavy (non-hydrogen) atoms. The largest absolute Gasteiger partial charge is 0.444 e. The standard InChI is InChI=1S/C19H23N3O.C10H12N2O2.C2H6/c1-13-7-5-3-4-6-8-15(9-13)22-19-10-16-14(2)17(11-20)23-18(16)12-21-19;1-11-10(14)9-4-2-8(3-5-9)6-12-7-13;1-2/h4,6,10,12-13,15H,3,5,7-9H2,1-2H3,(H,21,22);2-5,7H,6H2,1H3,(H,11,14)(H,12,13);1-2H3/b6-4-;;. The zero-order valence-corrected chi connectivity index (χ0v) is 23.7. The second-order valence-corrected chi connectivity index (χ2v) is 9.33. The lowest BCUT2D eigenvalue weighted by atomic mass is 9.96. The second-order valence-electron chi connectivity index (χ2n) is 9.33. The number of aromatic nitrogens is 1. The molecule has 0 saturated carbocycles. The summed E-state index contributed by atoms with van der Waals surface area (Å²) in [5.41, 5.74) is 3.13. The number of anilines is 1. The first kappa shape index (κ1) is 31.1. The number of nitriles is 1. The fraction of sp³-hybridized carbons (Fsp3) is 0.419. The molecule has 1 aliphatic rings. The number of nitrogens with zero attached hydrogens (tertiary/aromatic N) is 2. The average Bonchev–Trinajstić information content (AvgIpc) is 3.33. The van der Waals surface area contributed by atoms with Crippen molar-refractivity contribution in [2.75, 3.05) is 12.4 Å². The second kappa shape index (κ2) is 16.7. The SMILES string of the molecule is CC.CNC(=O)c1ccc(CNC=O)cc1.Cc1c(C#N)oc2cnc(NC3C/C=C\CCCC(C)C3)cc12. The maximum absolute atomic E-state index is 11.2. The van der Waals surface area contributed by atoms with Crippen LogP contribution in [0, 0.1) is 24.2 Å². The predicted molar refractivity (Wildman–Crippen MR) is 156 cm³/mol. The van der Waals surface area contributed by atoms with Gasteiger partial charge in [0, 0.05) is 36.1 Å². The van der Waals surface area contributed by atoms with Crippen molar-refractivity contribution < 1.29 is 14.0 Å². The van der Waals surface area contributed by atoms with Crippen LogP contribution >= 0.6 is 0 Å². The van der Waals surface area contributed by atoms with Crippen molar-refractivity contribution in [2.45, 2.75) is 72.4 Å². The number of benzene rings is 1. The molecule has 1 aliphatic carbocycles. The molecule has 0 radical (unpaired) electrons. The lowest BCUT2D eigenvalue weighted by Gasteiger charge is -2.21. The van der Waals surface area contributed by atoms with E-state index in [-0.39, 0.29) is 5.91 Å². The van der Waals surface area contributed by atoms with E-state index in [9.17, 15) is 9.59 Å². The third-order valence-electron chi connectivity index (χ3n) is 6.45. The first-order chi connectivity index (χ1) is 18.9. The number of carbonyl (C=O) groups excluding carboxylic acids is 2. The molecule has 2 atom stereocenters. The summed E-state index contributed by atoms with van der Waals surface area (Å²) >= 11 is 0. The van der Waals surface area contributed by atoms with Crippen molar-refractivity contribution in [1.29, 1.82) is 5.26 Å². The fourth-order valence-corrected chi connectivity index (χ4v) is 4.38. The Labute approximate surface area is 231 Å². The van der Waals surface area contributed by atoms with E-state index in [0.29, 0.717) is 35.9 Å². The summed E-state index contributed by atoms with van der Waals surface area (Å²) in [4.78, 5) is 25.6. The topological polar surface area (TPSA) is 120 Å². The number of allylic oxidation sites excluding steroid dienone is 1. The van der Waals surface area contributed by atoms with Crippen LogP contribution in [0.5, 0.6) is 0 Å². The van der Waals surface area contributed by atoms with Crippen LogP contribution in [0.2, 0.25) is 0 Å². The van der Waals surface area contributed by atoms with Crippen LogP contribution in [0.1, 0.15) is 80.1 Å². The molecular weight excluding hydrogens is 490 g/mol. The van der Waals surface area contributed by atoms with Crippen LogP contribution in [0.15, 0.2) is 53.1 Å². The van der Waals surface area contributed by atoms with Crippen molar-refractivity contribution in [1.82, 2.24) is 15.6 Å². The van der Waals surface area contributed by atoms with Gasteiger partial charge in [0.05, 0.1) is 6.20 Å². The zero-order chi connectivity index (χ0) is 28.6. The Balaban J connectivity index is 0.000000287. The number of fused-ring (bicyclic) bond motifs is 1. The number of rotatable bonds is 6. The molecule has 8 nitrogen and oxygen atoms in total. The molecule has 4 rings (SSSR count). The van der Waals surface area contributed by atoms with Gasteiger partial charge in [0.25, 0.3) is 5.91 Å². The Kier molecular flexibility index (Phi) is 13.3. The minimum Gasteiger partial charge on any atom is -0.444 e. The zero-order valence-electron chi connectivity index (χ0n) is 23.7. The number of carbonyl (C=O) groups is 2. The molecule has 3 N–H and O–H groups in total. The van der Waals surface area contributed by atoms with Crippen LogP contribution in [-0.2, 0) is 11.3 Å². The molecule has 208 valence electrons. The molecule has 2 unspecified atom stereocenters. The smallest absolute Gasteiger partial charge is 0.251 e. The minimum absolute atomic E-state index is 0.111. The normalized spacial score (nSPS) is 17.3. The number of furan rings is 1. The van der Waals surface area contributed by atoms with Gasteiger partial charge >= 0.3 is 0 Å². The summed E-state index contributed by atoms with van der Waals surface area (Å²) < 4.78 is 5.50. The van der Waals surface area contributed by atoms with Gasteiger partial charge in [-0.3, -0.25) is 9.59 Å². The van der Waals surface area contributed by atoms with Gasteiger partial charge in [0.2, 0.25) is 12.2 Å². The molecule has 2 amide bonds. The number of aryl methyl sites for hydroxylation is 1. The van der Waals surface area contributed by atoms with E-state index in [0.717, 1.165) is 41.1 Å². The van der Waals surface area contributed by atoms with Gasteiger partial charge in [-0.05, 0) is 62.3 Å². The van der Waals surface area contributed by atoms with Crippen molar-refractivity contribution >= 4 is 29.1 Å².